The van der Waals surface area contributed by atoms with E-state index in [0.29, 0.717) is 0 Å². The molecule has 86 valence electrons. The van der Waals surface area contributed by atoms with Gasteiger partial charge in [0.05, 0.1) is 0 Å². The first kappa shape index (κ1) is 13.9. The van der Waals surface area contributed by atoms with Gasteiger partial charge < -0.3 is 5.73 Å². The fourth-order valence-corrected chi connectivity index (χ4v) is 1.76. The second kappa shape index (κ2) is 7.24. The second-order valence-electron chi connectivity index (χ2n) is 4.53. The third-order valence-electron chi connectivity index (χ3n) is 3.40. The van der Waals surface area contributed by atoms with Crippen molar-refractivity contribution >= 4 is 0 Å². The number of hydrogen-bond acceptors (Lipinski definition) is 2. The summed E-state index contributed by atoms with van der Waals surface area (Å²) in [6.07, 6.45) is 6.56. The highest BCUT2D eigenvalue weighted by atomic mass is 15.2. The molecule has 0 aliphatic carbocycles. The minimum absolute atomic E-state index is 0.211. The fourth-order valence-electron chi connectivity index (χ4n) is 1.76. The lowest BCUT2D eigenvalue weighted by Gasteiger charge is -2.37. The van der Waals surface area contributed by atoms with Crippen molar-refractivity contribution in [2.75, 3.05) is 20.1 Å². The third-order valence-corrected chi connectivity index (χ3v) is 3.40. The summed E-state index contributed by atoms with van der Waals surface area (Å²) in [5.41, 5.74) is 6.07. The summed E-state index contributed by atoms with van der Waals surface area (Å²) in [5.74, 6) is 0. The van der Waals surface area contributed by atoms with Crippen molar-refractivity contribution in [3.05, 3.63) is 0 Å². The molecule has 0 amide bonds. The Kier molecular flexibility index (Phi) is 7.20. The highest BCUT2D eigenvalue weighted by molar-refractivity contribution is 4.84. The van der Waals surface area contributed by atoms with Gasteiger partial charge in [-0.25, -0.2) is 0 Å². The Bertz CT molecular complexity index is 136. The fraction of sp³-hybridized carbons (Fsp3) is 1.00. The molecule has 1 unspecified atom stereocenters. The van der Waals surface area contributed by atoms with Crippen LogP contribution >= 0.6 is 0 Å². The van der Waals surface area contributed by atoms with Crippen LogP contribution in [0.4, 0.5) is 0 Å². The molecule has 1 atom stereocenters. The van der Waals surface area contributed by atoms with Gasteiger partial charge in [-0.05, 0) is 26.9 Å². The van der Waals surface area contributed by atoms with E-state index in [1.54, 1.807) is 0 Å². The molecule has 0 spiro atoms. The van der Waals surface area contributed by atoms with Crippen molar-refractivity contribution in [1.29, 1.82) is 0 Å². The smallest absolute Gasteiger partial charge is 0.0300 e. The first-order valence-electron chi connectivity index (χ1n) is 6.02. The lowest BCUT2D eigenvalue weighted by atomic mass is 9.92. The maximum absolute atomic E-state index is 5.86. The van der Waals surface area contributed by atoms with Gasteiger partial charge in [-0.1, -0.05) is 39.5 Å². The van der Waals surface area contributed by atoms with E-state index in [0.717, 1.165) is 13.1 Å². The number of rotatable bonds is 8. The molecule has 2 heteroatoms. The molecule has 0 aliphatic heterocycles. The highest BCUT2D eigenvalue weighted by Gasteiger charge is 2.25. The van der Waals surface area contributed by atoms with Gasteiger partial charge >= 0.3 is 0 Å². The molecule has 0 fully saturated rings. The topological polar surface area (TPSA) is 29.3 Å². The van der Waals surface area contributed by atoms with E-state index in [1.165, 1.54) is 32.1 Å². The predicted octanol–water partition coefficient (Wildman–Crippen LogP) is 2.63. The van der Waals surface area contributed by atoms with E-state index in [1.807, 2.05) is 0 Å². The summed E-state index contributed by atoms with van der Waals surface area (Å²) in [6.45, 7) is 8.58. The lowest BCUT2D eigenvalue weighted by molar-refractivity contribution is 0.137. The maximum atomic E-state index is 5.86. The van der Waals surface area contributed by atoms with Crippen LogP contribution in [0, 0.1) is 0 Å². The quantitative estimate of drug-likeness (QED) is 0.610. The molecule has 0 aromatic rings. The molecular weight excluding hydrogens is 172 g/mol. The highest BCUT2D eigenvalue weighted by Crippen LogP contribution is 2.20. The summed E-state index contributed by atoms with van der Waals surface area (Å²) >= 11 is 0. The van der Waals surface area contributed by atoms with Crippen LogP contribution in [-0.2, 0) is 0 Å². The van der Waals surface area contributed by atoms with Gasteiger partial charge in [0.25, 0.3) is 0 Å². The Morgan fingerprint density at radius 3 is 2.21 bits per heavy atom. The zero-order valence-electron chi connectivity index (χ0n) is 10.5. The average molecular weight is 200 g/mol. The molecule has 0 bridgehead atoms. The average Bonchev–Trinajstić information content (AvgIpc) is 2.22. The Labute approximate surface area is 89.9 Å². The van der Waals surface area contributed by atoms with Crippen LogP contribution in [0.3, 0.4) is 0 Å². The standard InChI is InChI=1S/C12H28N2/c1-5-7-8-9-10-12(3,11-13)14(4)6-2/h5-11,13H2,1-4H3. The van der Waals surface area contributed by atoms with Crippen LogP contribution in [0.5, 0.6) is 0 Å². The summed E-state index contributed by atoms with van der Waals surface area (Å²) in [6, 6.07) is 0. The lowest BCUT2D eigenvalue weighted by Crippen LogP contribution is -2.49. The van der Waals surface area contributed by atoms with Crippen LogP contribution in [0.25, 0.3) is 0 Å². The number of unbranched alkanes of at least 4 members (excludes halogenated alkanes) is 3. The minimum atomic E-state index is 0.211. The Balaban J connectivity index is 3.86. The molecule has 0 aromatic carbocycles. The molecule has 0 saturated carbocycles. The van der Waals surface area contributed by atoms with Gasteiger partial charge in [-0.3, -0.25) is 4.90 Å². The molecule has 0 saturated heterocycles. The normalized spacial score (nSPS) is 15.9. The van der Waals surface area contributed by atoms with Gasteiger partial charge in [-0.15, -0.1) is 0 Å². The van der Waals surface area contributed by atoms with Gasteiger partial charge in [0.2, 0.25) is 0 Å². The molecule has 0 heterocycles. The molecule has 2 N–H and O–H groups in total. The first-order chi connectivity index (χ1) is 6.60. The molecule has 14 heavy (non-hydrogen) atoms. The predicted molar refractivity (Wildman–Crippen MR) is 64.5 cm³/mol. The van der Waals surface area contributed by atoms with Crippen LogP contribution < -0.4 is 5.73 Å². The van der Waals surface area contributed by atoms with E-state index in [4.69, 9.17) is 5.73 Å². The van der Waals surface area contributed by atoms with Crippen molar-refractivity contribution in [3.63, 3.8) is 0 Å². The first-order valence-corrected chi connectivity index (χ1v) is 6.02. The van der Waals surface area contributed by atoms with Gasteiger partial charge in [0, 0.05) is 12.1 Å². The minimum Gasteiger partial charge on any atom is -0.329 e. The maximum Gasteiger partial charge on any atom is 0.0300 e. The molecular formula is C12H28N2. The molecule has 2 nitrogen and oxygen atoms in total. The van der Waals surface area contributed by atoms with Crippen molar-refractivity contribution in [1.82, 2.24) is 4.90 Å². The zero-order valence-corrected chi connectivity index (χ0v) is 10.5. The van der Waals surface area contributed by atoms with Crippen molar-refractivity contribution in [3.8, 4) is 0 Å². The van der Waals surface area contributed by atoms with E-state index < -0.39 is 0 Å². The Morgan fingerprint density at radius 1 is 1.14 bits per heavy atom. The third kappa shape index (κ3) is 4.43. The molecule has 0 rings (SSSR count). The SMILES string of the molecule is CCCCCCC(C)(CN)N(C)CC. The van der Waals surface area contributed by atoms with E-state index in [2.05, 4.69) is 32.7 Å². The number of hydrogen-bond donors (Lipinski definition) is 1. The Hall–Kier alpha value is -0.0800. The summed E-state index contributed by atoms with van der Waals surface area (Å²) in [7, 11) is 2.17. The van der Waals surface area contributed by atoms with Crippen LogP contribution in [0.1, 0.15) is 52.9 Å². The van der Waals surface area contributed by atoms with Crippen molar-refractivity contribution in [2.24, 2.45) is 5.73 Å². The molecule has 0 aliphatic rings. The molecule has 0 aromatic heterocycles. The second-order valence-corrected chi connectivity index (χ2v) is 4.53. The van der Waals surface area contributed by atoms with E-state index >= 15 is 0 Å². The van der Waals surface area contributed by atoms with Gasteiger partial charge in [0.15, 0.2) is 0 Å². The van der Waals surface area contributed by atoms with E-state index in [-0.39, 0.29) is 5.54 Å². The van der Waals surface area contributed by atoms with E-state index in [9.17, 15) is 0 Å². The largest absolute Gasteiger partial charge is 0.329 e. The van der Waals surface area contributed by atoms with Crippen LogP contribution in [0.2, 0.25) is 0 Å². The van der Waals surface area contributed by atoms with Crippen LogP contribution in [-0.4, -0.2) is 30.6 Å². The van der Waals surface area contributed by atoms with Crippen molar-refractivity contribution in [2.45, 2.75) is 58.4 Å². The summed E-state index contributed by atoms with van der Waals surface area (Å²) in [5, 5.41) is 0. The number of nitrogens with two attached hydrogens (primary N) is 1. The van der Waals surface area contributed by atoms with Gasteiger partial charge in [-0.2, -0.15) is 0 Å². The van der Waals surface area contributed by atoms with Crippen molar-refractivity contribution < 1.29 is 0 Å². The monoisotopic (exact) mass is 200 g/mol. The Morgan fingerprint density at radius 2 is 1.79 bits per heavy atom. The summed E-state index contributed by atoms with van der Waals surface area (Å²) < 4.78 is 0. The van der Waals surface area contributed by atoms with Crippen LogP contribution in [0.15, 0.2) is 0 Å². The van der Waals surface area contributed by atoms with Gasteiger partial charge in [0.1, 0.15) is 0 Å². The molecule has 0 radical (unpaired) electrons. The summed E-state index contributed by atoms with van der Waals surface area (Å²) in [4.78, 5) is 2.37. The zero-order chi connectivity index (χ0) is 11.0. The number of likely N-dealkylation sites (N-methyl/N-ethyl adjacent to an activating group) is 1. The number of nitrogens with zero attached hydrogens (tertiary/aromatic N) is 1.